The quantitative estimate of drug-likeness (QED) is 0.654. The molecule has 0 aliphatic rings. The lowest BCUT2D eigenvalue weighted by Gasteiger charge is -2.13. The fraction of sp³-hybridized carbons (Fsp3) is 0.294. The molecule has 4 nitrogen and oxygen atoms in total. The molecule has 0 aromatic heterocycles. The molecule has 0 saturated carbocycles. The highest BCUT2D eigenvalue weighted by Crippen LogP contribution is 2.29. The van der Waals surface area contributed by atoms with Crippen LogP contribution >= 0.6 is 11.6 Å². The minimum Gasteiger partial charge on any atom is -1.00 e. The summed E-state index contributed by atoms with van der Waals surface area (Å²) in [5.41, 5.74) is 2.07. The molecule has 2 aromatic rings. The maximum absolute atomic E-state index is 8.77. The fourth-order valence-corrected chi connectivity index (χ4v) is 2.25. The Morgan fingerprint density at radius 2 is 1.91 bits per heavy atom. The second-order valence-corrected chi connectivity index (χ2v) is 5.24. The zero-order valence-electron chi connectivity index (χ0n) is 12.9. The Labute approximate surface area is 147 Å². The van der Waals surface area contributed by atoms with Gasteiger partial charge in [0.2, 0.25) is 0 Å². The number of methoxy groups -OCH3 is 1. The molecule has 0 unspecified atom stereocenters. The van der Waals surface area contributed by atoms with Gasteiger partial charge in [0.15, 0.2) is 11.5 Å². The van der Waals surface area contributed by atoms with Crippen molar-refractivity contribution in [2.75, 3.05) is 20.3 Å². The van der Waals surface area contributed by atoms with E-state index >= 15 is 0 Å². The minimum absolute atomic E-state index is 0. The van der Waals surface area contributed by atoms with Gasteiger partial charge in [0.1, 0.15) is 6.61 Å². The van der Waals surface area contributed by atoms with Crippen LogP contribution in [0.15, 0.2) is 42.5 Å². The van der Waals surface area contributed by atoms with Crippen LogP contribution in [0.2, 0.25) is 5.02 Å². The number of hydrogen-bond acceptors (Lipinski definition) is 4. The van der Waals surface area contributed by atoms with Gasteiger partial charge >= 0.3 is 0 Å². The Kier molecular flexibility index (Phi) is 8.81. The molecular weight excluding hydrogens is 337 g/mol. The predicted octanol–water partition coefficient (Wildman–Crippen LogP) is 0.0135. The Hall–Kier alpha value is -1.46. The lowest BCUT2D eigenvalue weighted by Crippen LogP contribution is -3.00. The van der Waals surface area contributed by atoms with Gasteiger partial charge in [-0.15, -0.1) is 0 Å². The third-order valence-electron chi connectivity index (χ3n) is 3.13. The molecule has 0 aliphatic carbocycles. The molecule has 0 radical (unpaired) electrons. The van der Waals surface area contributed by atoms with Crippen molar-refractivity contribution in [2.24, 2.45) is 0 Å². The molecule has 6 heteroatoms. The van der Waals surface area contributed by atoms with Crippen molar-refractivity contribution < 1.29 is 27.0 Å². The summed E-state index contributed by atoms with van der Waals surface area (Å²) < 4.78 is 11.2. The molecule has 0 aliphatic heterocycles. The summed E-state index contributed by atoms with van der Waals surface area (Å²) in [4.78, 5) is 0. The van der Waals surface area contributed by atoms with Crippen LogP contribution in [0, 0.1) is 0 Å². The van der Waals surface area contributed by atoms with E-state index in [0.717, 1.165) is 11.1 Å². The predicted molar refractivity (Wildman–Crippen MR) is 87.6 cm³/mol. The van der Waals surface area contributed by atoms with Crippen LogP contribution in [0.5, 0.6) is 11.5 Å². The summed E-state index contributed by atoms with van der Waals surface area (Å²) in [7, 11) is 1.62. The number of nitrogens with one attached hydrogen (secondary N) is 1. The zero-order chi connectivity index (χ0) is 15.8. The zero-order valence-corrected chi connectivity index (χ0v) is 14.4. The van der Waals surface area contributed by atoms with E-state index in [1.165, 1.54) is 0 Å². The Bertz CT molecular complexity index is 608. The number of rotatable bonds is 8. The highest BCUT2D eigenvalue weighted by atomic mass is 35.5. The van der Waals surface area contributed by atoms with Crippen molar-refractivity contribution >= 4 is 11.6 Å². The Morgan fingerprint density at radius 1 is 1.09 bits per heavy atom. The number of halogens is 2. The molecule has 0 saturated heterocycles. The standard InChI is InChI=1S/C17H20ClNO3.ClH/c1-21-17-10-13(11-19-7-8-20)5-6-16(17)22-12-14-3-2-4-15(18)9-14;/h2-6,9-10,19-20H,7-8,11-12H2,1H3;1H/p-1. The van der Waals surface area contributed by atoms with Crippen molar-refractivity contribution in [3.63, 3.8) is 0 Å². The van der Waals surface area contributed by atoms with Crippen molar-refractivity contribution in [3.8, 4) is 11.5 Å². The summed E-state index contributed by atoms with van der Waals surface area (Å²) in [5.74, 6) is 1.37. The fourth-order valence-electron chi connectivity index (χ4n) is 2.04. The highest BCUT2D eigenvalue weighted by molar-refractivity contribution is 6.30. The molecular formula is C17H20Cl2NO3-. The largest absolute Gasteiger partial charge is 1.00 e. The molecule has 0 bridgehead atoms. The summed E-state index contributed by atoms with van der Waals surface area (Å²) in [6.45, 7) is 1.79. The topological polar surface area (TPSA) is 50.7 Å². The maximum Gasteiger partial charge on any atom is 0.161 e. The molecule has 0 fully saturated rings. The first-order valence-electron chi connectivity index (χ1n) is 7.08. The van der Waals surface area contributed by atoms with E-state index in [2.05, 4.69) is 5.32 Å². The van der Waals surface area contributed by atoms with Crippen LogP contribution in [0.3, 0.4) is 0 Å². The smallest absolute Gasteiger partial charge is 0.161 e. The van der Waals surface area contributed by atoms with Gasteiger partial charge in [-0.3, -0.25) is 0 Å². The summed E-state index contributed by atoms with van der Waals surface area (Å²) in [6.07, 6.45) is 0. The first kappa shape index (κ1) is 19.6. The normalized spacial score (nSPS) is 10.0. The number of benzene rings is 2. The Morgan fingerprint density at radius 3 is 2.61 bits per heavy atom. The summed E-state index contributed by atoms with van der Waals surface area (Å²) in [5, 5.41) is 12.6. The molecule has 0 spiro atoms. The van der Waals surface area contributed by atoms with E-state index in [0.29, 0.717) is 36.2 Å². The summed E-state index contributed by atoms with van der Waals surface area (Å²) >= 11 is 5.96. The number of aliphatic hydroxyl groups is 1. The van der Waals surface area contributed by atoms with Crippen LogP contribution in [0.25, 0.3) is 0 Å². The van der Waals surface area contributed by atoms with E-state index in [4.69, 9.17) is 26.2 Å². The average Bonchev–Trinajstić information content (AvgIpc) is 2.53. The molecule has 23 heavy (non-hydrogen) atoms. The third-order valence-corrected chi connectivity index (χ3v) is 3.36. The highest BCUT2D eigenvalue weighted by Gasteiger charge is 2.06. The molecule has 0 atom stereocenters. The number of aliphatic hydroxyl groups excluding tert-OH is 1. The summed E-state index contributed by atoms with van der Waals surface area (Å²) in [6, 6.07) is 13.4. The Balaban J connectivity index is 0.00000264. The average molecular weight is 357 g/mol. The SMILES string of the molecule is COc1cc(CNCCO)ccc1OCc1cccc(Cl)c1.[Cl-]. The molecule has 2 N–H and O–H groups in total. The molecule has 2 aromatic carbocycles. The monoisotopic (exact) mass is 356 g/mol. The van der Waals surface area contributed by atoms with Crippen molar-refractivity contribution in [2.45, 2.75) is 13.2 Å². The van der Waals surface area contributed by atoms with Gasteiger partial charge in [-0.05, 0) is 35.4 Å². The first-order chi connectivity index (χ1) is 10.7. The second kappa shape index (κ2) is 10.3. The van der Waals surface area contributed by atoms with E-state index in [1.807, 2.05) is 42.5 Å². The van der Waals surface area contributed by atoms with Gasteiger partial charge in [-0.1, -0.05) is 29.8 Å². The molecule has 0 amide bonds. The van der Waals surface area contributed by atoms with Crippen molar-refractivity contribution in [1.29, 1.82) is 0 Å². The van der Waals surface area contributed by atoms with Gasteiger partial charge in [0.25, 0.3) is 0 Å². The van der Waals surface area contributed by atoms with Crippen LogP contribution < -0.4 is 27.2 Å². The van der Waals surface area contributed by atoms with Gasteiger partial charge in [0, 0.05) is 18.1 Å². The lowest BCUT2D eigenvalue weighted by atomic mass is 10.2. The van der Waals surface area contributed by atoms with E-state index < -0.39 is 0 Å². The van der Waals surface area contributed by atoms with E-state index in [-0.39, 0.29) is 19.0 Å². The van der Waals surface area contributed by atoms with E-state index in [9.17, 15) is 0 Å². The maximum atomic E-state index is 8.77. The lowest BCUT2D eigenvalue weighted by molar-refractivity contribution is -0.00000604. The van der Waals surface area contributed by atoms with Crippen molar-refractivity contribution in [1.82, 2.24) is 5.32 Å². The van der Waals surface area contributed by atoms with Crippen LogP contribution in [0.1, 0.15) is 11.1 Å². The number of ether oxygens (including phenoxy) is 2. The van der Waals surface area contributed by atoms with Crippen molar-refractivity contribution in [3.05, 3.63) is 58.6 Å². The van der Waals surface area contributed by atoms with Gasteiger partial charge in [0.05, 0.1) is 13.7 Å². The molecule has 0 heterocycles. The van der Waals surface area contributed by atoms with Gasteiger partial charge in [-0.2, -0.15) is 0 Å². The van der Waals surface area contributed by atoms with Crippen LogP contribution in [-0.4, -0.2) is 25.4 Å². The molecule has 2 rings (SSSR count). The third kappa shape index (κ3) is 6.28. The van der Waals surface area contributed by atoms with Gasteiger partial charge in [-0.25, -0.2) is 0 Å². The first-order valence-corrected chi connectivity index (χ1v) is 7.46. The van der Waals surface area contributed by atoms with Crippen LogP contribution in [-0.2, 0) is 13.2 Å². The molecule has 126 valence electrons. The van der Waals surface area contributed by atoms with E-state index in [1.54, 1.807) is 7.11 Å². The second-order valence-electron chi connectivity index (χ2n) is 4.80. The minimum atomic E-state index is 0. The van der Waals surface area contributed by atoms with Gasteiger partial charge < -0.3 is 32.3 Å². The number of hydrogen-bond donors (Lipinski definition) is 2. The van der Waals surface area contributed by atoms with Crippen LogP contribution in [0.4, 0.5) is 0 Å².